The zero-order chi connectivity index (χ0) is 25.1. The molecule has 36 heavy (non-hydrogen) atoms. The van der Waals surface area contributed by atoms with E-state index < -0.39 is 0 Å². The van der Waals surface area contributed by atoms with Crippen LogP contribution < -0.4 is 20.5 Å². The quantitative estimate of drug-likeness (QED) is 0.446. The van der Waals surface area contributed by atoms with Gasteiger partial charge in [-0.3, -0.25) is 14.2 Å². The fourth-order valence-electron chi connectivity index (χ4n) is 4.62. The Morgan fingerprint density at radius 3 is 2.78 bits per heavy atom. The van der Waals surface area contributed by atoms with Crippen LogP contribution in [-0.2, 0) is 11.3 Å². The normalized spacial score (nSPS) is 15.6. The lowest BCUT2D eigenvalue weighted by Crippen LogP contribution is -2.44. The molecule has 1 saturated heterocycles. The molecule has 1 aliphatic rings. The Balaban J connectivity index is 1.43. The van der Waals surface area contributed by atoms with Crippen molar-refractivity contribution in [1.82, 2.24) is 14.5 Å². The molecular formula is C28H29N5O3. The summed E-state index contributed by atoms with van der Waals surface area (Å²) >= 11 is 0. The lowest BCUT2D eigenvalue weighted by atomic mass is 9.97. The first-order valence-corrected chi connectivity index (χ1v) is 12.1. The summed E-state index contributed by atoms with van der Waals surface area (Å²) in [4.78, 5) is 37.9. The third-order valence-corrected chi connectivity index (χ3v) is 6.57. The van der Waals surface area contributed by atoms with Gasteiger partial charge in [0.05, 0.1) is 19.6 Å². The second-order valence-electron chi connectivity index (χ2n) is 9.16. The fraction of sp³-hybridized carbons (Fsp3) is 0.286. The molecule has 1 aliphatic heterocycles. The van der Waals surface area contributed by atoms with Crippen LogP contribution >= 0.6 is 0 Å². The van der Waals surface area contributed by atoms with Gasteiger partial charge in [0, 0.05) is 31.0 Å². The number of fused-ring (bicyclic) bond motifs is 1. The summed E-state index contributed by atoms with van der Waals surface area (Å²) in [7, 11) is 1.59. The number of carbonyl (C=O) groups is 1. The summed E-state index contributed by atoms with van der Waals surface area (Å²) in [6.07, 6.45) is 3.22. The van der Waals surface area contributed by atoms with Crippen LogP contribution in [0.1, 0.15) is 24.0 Å². The monoisotopic (exact) mass is 483 g/mol. The molecule has 1 amide bonds. The highest BCUT2D eigenvalue weighted by molar-refractivity contribution is 5.93. The number of hydrogen-bond acceptors (Lipinski definition) is 6. The Kier molecular flexibility index (Phi) is 6.66. The van der Waals surface area contributed by atoms with E-state index in [-0.39, 0.29) is 17.4 Å². The number of ether oxygens (including phenoxy) is 1. The molecule has 1 fully saturated rings. The lowest BCUT2D eigenvalue weighted by Gasteiger charge is -2.32. The second-order valence-corrected chi connectivity index (χ2v) is 9.16. The molecule has 184 valence electrons. The van der Waals surface area contributed by atoms with E-state index in [0.29, 0.717) is 48.1 Å². The molecule has 0 radical (unpaired) electrons. The maximum Gasteiger partial charge on any atom is 0.295 e. The lowest BCUT2D eigenvalue weighted by molar-refractivity contribution is -0.120. The fourth-order valence-corrected chi connectivity index (χ4v) is 4.62. The van der Waals surface area contributed by atoms with E-state index in [1.54, 1.807) is 23.9 Å². The Hall–Kier alpha value is -4.20. The number of rotatable bonds is 6. The van der Waals surface area contributed by atoms with Gasteiger partial charge in [-0.25, -0.2) is 9.97 Å². The zero-order valence-electron chi connectivity index (χ0n) is 20.5. The van der Waals surface area contributed by atoms with Crippen molar-refractivity contribution in [1.29, 1.82) is 0 Å². The Bertz CT molecular complexity index is 1450. The van der Waals surface area contributed by atoms with Crippen LogP contribution in [0.25, 0.3) is 11.2 Å². The van der Waals surface area contributed by atoms with Crippen molar-refractivity contribution >= 4 is 28.6 Å². The van der Waals surface area contributed by atoms with Crippen LogP contribution in [0.3, 0.4) is 0 Å². The van der Waals surface area contributed by atoms with E-state index in [1.165, 1.54) is 0 Å². The number of piperidine rings is 1. The number of nitrogens with zero attached hydrogens (tertiary/aromatic N) is 4. The van der Waals surface area contributed by atoms with Crippen molar-refractivity contribution in [2.45, 2.75) is 26.3 Å². The number of pyridine rings is 1. The molecule has 0 unspecified atom stereocenters. The first kappa shape index (κ1) is 23.5. The van der Waals surface area contributed by atoms with Crippen LogP contribution in [0.5, 0.6) is 5.75 Å². The molecule has 1 atom stereocenters. The van der Waals surface area contributed by atoms with Crippen molar-refractivity contribution in [2.75, 3.05) is 30.4 Å². The predicted molar refractivity (Wildman–Crippen MR) is 141 cm³/mol. The number of benzene rings is 2. The Morgan fingerprint density at radius 2 is 1.97 bits per heavy atom. The van der Waals surface area contributed by atoms with E-state index in [4.69, 9.17) is 9.72 Å². The largest absolute Gasteiger partial charge is 0.497 e. The summed E-state index contributed by atoms with van der Waals surface area (Å²) < 4.78 is 6.94. The van der Waals surface area contributed by atoms with E-state index >= 15 is 0 Å². The van der Waals surface area contributed by atoms with Crippen LogP contribution in [0.4, 0.5) is 11.5 Å². The predicted octanol–water partition coefficient (Wildman–Crippen LogP) is 4.01. The molecule has 4 aromatic rings. The summed E-state index contributed by atoms with van der Waals surface area (Å²) in [6.45, 7) is 3.53. The van der Waals surface area contributed by atoms with Gasteiger partial charge in [0.15, 0.2) is 11.5 Å². The van der Waals surface area contributed by atoms with Crippen molar-refractivity contribution in [2.24, 2.45) is 5.92 Å². The molecule has 8 heteroatoms. The molecule has 2 aromatic heterocycles. The number of aryl methyl sites for hydroxylation is 1. The highest BCUT2D eigenvalue weighted by Gasteiger charge is 2.29. The summed E-state index contributed by atoms with van der Waals surface area (Å²) in [5.41, 5.74) is 3.87. The molecule has 0 spiro atoms. The number of nitrogens with one attached hydrogen (secondary N) is 1. The van der Waals surface area contributed by atoms with E-state index in [2.05, 4.69) is 10.3 Å². The Labute approximate surface area is 209 Å². The summed E-state index contributed by atoms with van der Waals surface area (Å²) in [5, 5.41) is 2.99. The molecule has 0 bridgehead atoms. The smallest absolute Gasteiger partial charge is 0.295 e. The molecule has 1 N–H and O–H groups in total. The van der Waals surface area contributed by atoms with E-state index in [1.807, 2.05) is 66.4 Å². The molecule has 3 heterocycles. The number of anilines is 2. The van der Waals surface area contributed by atoms with Crippen LogP contribution in [0.2, 0.25) is 0 Å². The number of amides is 1. The van der Waals surface area contributed by atoms with Crippen molar-refractivity contribution < 1.29 is 9.53 Å². The highest BCUT2D eigenvalue weighted by Crippen LogP contribution is 2.24. The van der Waals surface area contributed by atoms with E-state index in [9.17, 15) is 9.59 Å². The van der Waals surface area contributed by atoms with Gasteiger partial charge in [0.2, 0.25) is 5.91 Å². The maximum absolute atomic E-state index is 13.7. The molecule has 0 aliphatic carbocycles. The second kappa shape index (κ2) is 10.2. The molecule has 2 aromatic carbocycles. The van der Waals surface area contributed by atoms with Gasteiger partial charge >= 0.3 is 0 Å². The van der Waals surface area contributed by atoms with Crippen LogP contribution in [0.15, 0.2) is 71.7 Å². The third kappa shape index (κ3) is 4.93. The van der Waals surface area contributed by atoms with Gasteiger partial charge in [-0.05, 0) is 49.6 Å². The Morgan fingerprint density at radius 1 is 1.14 bits per heavy atom. The highest BCUT2D eigenvalue weighted by atomic mass is 16.5. The minimum atomic E-state index is -0.263. The van der Waals surface area contributed by atoms with Gasteiger partial charge in [-0.15, -0.1) is 0 Å². The minimum absolute atomic E-state index is 0.0737. The topological polar surface area (TPSA) is 89.3 Å². The van der Waals surface area contributed by atoms with Gasteiger partial charge in [0.1, 0.15) is 11.3 Å². The minimum Gasteiger partial charge on any atom is -0.497 e. The number of hydrogen-bond donors (Lipinski definition) is 1. The summed E-state index contributed by atoms with van der Waals surface area (Å²) in [6, 6.07) is 19.1. The maximum atomic E-state index is 13.7. The molecule has 8 nitrogen and oxygen atoms in total. The molecular weight excluding hydrogens is 454 g/mol. The summed E-state index contributed by atoms with van der Waals surface area (Å²) in [5.74, 6) is 0.708. The standard InChI is InChI=1S/C28H29N5O3/c1-19-10-12-20(13-11-19)17-33-25-24(9-4-14-29-25)31-26(28(33)35)32-15-5-6-21(18-32)27(34)30-22-7-3-8-23(16-22)36-2/h3-4,7-14,16,21H,5-6,15,17-18H2,1-2H3,(H,30,34)/t21-/m1/s1. The van der Waals surface area contributed by atoms with Gasteiger partial charge < -0.3 is 15.0 Å². The van der Waals surface area contributed by atoms with Gasteiger partial charge in [-0.1, -0.05) is 35.9 Å². The molecule has 5 rings (SSSR count). The number of carbonyl (C=O) groups excluding carboxylic acids is 1. The molecule has 0 saturated carbocycles. The number of aromatic nitrogens is 3. The number of methoxy groups -OCH3 is 1. The van der Waals surface area contributed by atoms with Crippen molar-refractivity contribution in [3.05, 3.63) is 88.3 Å². The zero-order valence-corrected chi connectivity index (χ0v) is 20.5. The first-order valence-electron chi connectivity index (χ1n) is 12.1. The van der Waals surface area contributed by atoms with Crippen LogP contribution in [-0.4, -0.2) is 40.6 Å². The van der Waals surface area contributed by atoms with Gasteiger partial charge in [0.25, 0.3) is 5.56 Å². The van der Waals surface area contributed by atoms with E-state index in [0.717, 1.165) is 24.0 Å². The third-order valence-electron chi connectivity index (χ3n) is 6.57. The van der Waals surface area contributed by atoms with Crippen molar-refractivity contribution in [3.8, 4) is 5.75 Å². The van der Waals surface area contributed by atoms with Gasteiger partial charge in [-0.2, -0.15) is 0 Å². The SMILES string of the molecule is COc1cccc(NC(=O)[C@@H]2CCCN(c3nc4cccnc4n(Cc4ccc(C)cc4)c3=O)C2)c1. The van der Waals surface area contributed by atoms with Crippen molar-refractivity contribution in [3.63, 3.8) is 0 Å². The average Bonchev–Trinajstić information content (AvgIpc) is 2.91. The van der Waals surface area contributed by atoms with Crippen LogP contribution in [0, 0.1) is 12.8 Å². The first-order chi connectivity index (χ1) is 17.5. The average molecular weight is 484 g/mol.